The molecule has 0 bridgehead atoms. The summed E-state index contributed by atoms with van der Waals surface area (Å²) in [6.45, 7) is 0.201. The maximum atomic E-state index is 15.5. The lowest BCUT2D eigenvalue weighted by Crippen LogP contribution is -2.63. The molecule has 1 amide bonds. The van der Waals surface area contributed by atoms with Crippen molar-refractivity contribution in [2.45, 2.75) is 50.0 Å². The van der Waals surface area contributed by atoms with E-state index in [-0.39, 0.29) is 43.7 Å². The van der Waals surface area contributed by atoms with Crippen molar-refractivity contribution in [1.29, 1.82) is 0 Å². The predicted molar refractivity (Wildman–Crippen MR) is 166 cm³/mol. The number of carbonyl (C=O) groups excluding carboxylic acids is 4. The van der Waals surface area contributed by atoms with E-state index >= 15 is 4.39 Å². The molecule has 0 heterocycles. The Hall–Kier alpha value is -4.79. The number of aliphatic hydroxyl groups is 3. The molecular weight excluding hydrogens is 615 g/mol. The van der Waals surface area contributed by atoms with Gasteiger partial charge in [0, 0.05) is 29.7 Å². The largest absolute Gasteiger partial charge is 0.510 e. The van der Waals surface area contributed by atoms with Crippen LogP contribution in [0.2, 0.25) is 0 Å². The molecule has 2 aromatic carbocycles. The Labute approximate surface area is 269 Å². The number of phenols is 1. The number of amides is 1. The molecule has 5 atom stereocenters. The average molecular weight is 653 g/mol. The summed E-state index contributed by atoms with van der Waals surface area (Å²) in [4.78, 5) is 53.1. The van der Waals surface area contributed by atoms with Crippen molar-refractivity contribution in [1.82, 2.24) is 4.90 Å². The van der Waals surface area contributed by atoms with E-state index in [4.69, 9.17) is 16.2 Å². The van der Waals surface area contributed by atoms with Gasteiger partial charge in [0.2, 0.25) is 5.78 Å². The number of esters is 1. The van der Waals surface area contributed by atoms with Gasteiger partial charge in [0.15, 0.2) is 11.4 Å². The minimum absolute atomic E-state index is 0.0721. The van der Waals surface area contributed by atoms with Crippen LogP contribution in [-0.4, -0.2) is 87.1 Å². The number of fused-ring (bicyclic) bond motifs is 3. The highest BCUT2D eigenvalue weighted by Gasteiger charge is 2.63. The minimum atomic E-state index is -2.80. The number of Topliss-reactive ketones (excluding diaryl/α,β-unsaturated/α-hetero) is 2. The monoisotopic (exact) mass is 652 g/mol. The number of carbonyl (C=O) groups is 4. The molecule has 0 saturated heterocycles. The Morgan fingerprint density at radius 3 is 2.49 bits per heavy atom. The number of rotatable bonds is 10. The zero-order valence-corrected chi connectivity index (χ0v) is 25.8. The van der Waals surface area contributed by atoms with E-state index in [9.17, 15) is 39.6 Å². The number of halogens is 1. The summed E-state index contributed by atoms with van der Waals surface area (Å²) < 4.78 is 20.8. The number of likely N-dealkylation sites (N-methyl/N-ethyl adjacent to an activating group) is 1. The van der Waals surface area contributed by atoms with Crippen LogP contribution < -0.4 is 16.8 Å². The van der Waals surface area contributed by atoms with Crippen molar-refractivity contribution in [2.24, 2.45) is 23.3 Å². The fourth-order valence-corrected chi connectivity index (χ4v) is 6.91. The summed E-state index contributed by atoms with van der Waals surface area (Å²) >= 11 is 0. The molecule has 47 heavy (non-hydrogen) atoms. The maximum absolute atomic E-state index is 15.5. The molecule has 0 aromatic heterocycles. The van der Waals surface area contributed by atoms with E-state index in [2.05, 4.69) is 5.32 Å². The Kier molecular flexibility index (Phi) is 9.13. The molecule has 0 spiro atoms. The molecular formula is C33H37FN4O9. The van der Waals surface area contributed by atoms with Crippen molar-refractivity contribution < 1.29 is 48.7 Å². The number of hydrogen-bond donors (Lipinski definition) is 7. The number of benzene rings is 2. The minimum Gasteiger partial charge on any atom is -0.510 e. The number of hydrogen-bond acceptors (Lipinski definition) is 12. The van der Waals surface area contributed by atoms with Gasteiger partial charge >= 0.3 is 5.97 Å². The quantitative estimate of drug-likeness (QED) is 0.0840. The molecule has 0 radical (unpaired) electrons. The van der Waals surface area contributed by atoms with Crippen LogP contribution in [0.4, 0.5) is 10.1 Å². The second kappa shape index (κ2) is 12.8. The first-order valence-corrected chi connectivity index (χ1v) is 15.1. The summed E-state index contributed by atoms with van der Waals surface area (Å²) in [5.74, 6) is -9.54. The summed E-state index contributed by atoms with van der Waals surface area (Å²) in [6.07, 6.45) is 0.192. The number of aromatic hydroxyl groups is 1. The van der Waals surface area contributed by atoms with Crippen LogP contribution in [0.3, 0.4) is 0 Å². The Balaban J connectivity index is 1.35. The van der Waals surface area contributed by atoms with Gasteiger partial charge in [-0.1, -0.05) is 30.3 Å². The van der Waals surface area contributed by atoms with E-state index in [1.165, 1.54) is 19.0 Å². The maximum Gasteiger partial charge on any atom is 0.323 e. The number of allylic oxidation sites excluding steroid dienone is 1. The van der Waals surface area contributed by atoms with Gasteiger partial charge in [0.1, 0.15) is 41.3 Å². The van der Waals surface area contributed by atoms with Gasteiger partial charge in [-0.2, -0.15) is 0 Å². The number of nitrogens with zero attached hydrogens (tertiary/aromatic N) is 1. The third-order valence-electron chi connectivity index (χ3n) is 9.20. The molecule has 13 nitrogen and oxygen atoms in total. The highest BCUT2D eigenvalue weighted by atomic mass is 19.1. The van der Waals surface area contributed by atoms with Crippen molar-refractivity contribution >= 4 is 29.1 Å². The Morgan fingerprint density at radius 1 is 1.17 bits per heavy atom. The summed E-state index contributed by atoms with van der Waals surface area (Å²) in [6, 6.07) is 8.04. The number of aliphatic hydroxyl groups excluding tert-OH is 2. The van der Waals surface area contributed by atoms with Gasteiger partial charge in [0.25, 0.3) is 5.91 Å². The number of nitrogens with two attached hydrogens (primary N) is 2. The van der Waals surface area contributed by atoms with Gasteiger partial charge in [-0.05, 0) is 51.3 Å². The molecule has 0 saturated carbocycles. The van der Waals surface area contributed by atoms with Gasteiger partial charge in [-0.3, -0.25) is 24.1 Å². The topological polar surface area (TPSA) is 226 Å². The van der Waals surface area contributed by atoms with E-state index in [0.717, 1.165) is 11.6 Å². The van der Waals surface area contributed by atoms with Crippen molar-refractivity contribution in [3.05, 3.63) is 81.6 Å². The van der Waals surface area contributed by atoms with Crippen LogP contribution in [0.25, 0.3) is 0 Å². The van der Waals surface area contributed by atoms with Gasteiger partial charge in [0.05, 0.1) is 17.3 Å². The number of nitrogens with one attached hydrogen (secondary N) is 1. The van der Waals surface area contributed by atoms with Gasteiger partial charge in [-0.15, -0.1) is 0 Å². The first-order chi connectivity index (χ1) is 22.2. The summed E-state index contributed by atoms with van der Waals surface area (Å²) in [5, 5.41) is 47.9. The number of anilines is 1. The van der Waals surface area contributed by atoms with E-state index in [1.54, 1.807) is 12.1 Å². The summed E-state index contributed by atoms with van der Waals surface area (Å²) in [5.41, 5.74) is 7.30. The van der Waals surface area contributed by atoms with Crippen LogP contribution in [0.1, 0.15) is 40.7 Å². The normalized spacial score (nSPS) is 24.4. The molecule has 9 N–H and O–H groups in total. The second-order valence-electron chi connectivity index (χ2n) is 12.3. The first-order valence-electron chi connectivity index (χ1n) is 15.1. The van der Waals surface area contributed by atoms with Gasteiger partial charge in [-0.25, -0.2) is 4.39 Å². The van der Waals surface area contributed by atoms with E-state index in [0.29, 0.717) is 6.42 Å². The highest BCUT2D eigenvalue weighted by Crippen LogP contribution is 2.53. The lowest BCUT2D eigenvalue weighted by Gasteiger charge is -2.50. The Bertz CT molecular complexity index is 1710. The van der Waals surface area contributed by atoms with Crippen LogP contribution in [-0.2, 0) is 32.1 Å². The standard InChI is InChI=1S/C33H37FN4O9/c1-38(2)25-18-12-16-11-17-19(34)13-21(37-10-6-9-20(35)32(45)47-14-15-7-4-3-5-8-15)26(39)23(17)27(40)22(16)29(42)33(18,46)30(43)24(28(25)41)31(36)44/h3-5,7-8,13,16,18,20,25,37,39,41-42,46H,6,9-12,14,35H2,1-2H3,(H2,36,44)/t16-,18-,20-,25-,33-/m0/s1. The number of ketones is 2. The fraction of sp³-hybridized carbons (Fsp3) is 0.394. The lowest BCUT2D eigenvalue weighted by atomic mass is 9.58. The molecule has 250 valence electrons. The molecule has 2 aromatic rings. The number of phenolic OH excluding ortho intramolecular Hbond substituents is 1. The molecule has 3 aliphatic rings. The Morgan fingerprint density at radius 2 is 1.85 bits per heavy atom. The lowest BCUT2D eigenvalue weighted by molar-refractivity contribution is -0.148. The smallest absolute Gasteiger partial charge is 0.323 e. The SMILES string of the molecule is CN(C)[C@@H]1C(O)=C(C(N)=O)C(=O)[C@@]2(O)C(O)=C3C(=O)c4c(O)c(NCCC[C@H](N)C(=O)OCc5ccccc5)cc(F)c4C[C@H]3C[C@@H]12. The van der Waals surface area contributed by atoms with Gasteiger partial charge < -0.3 is 41.9 Å². The molecule has 5 rings (SSSR count). The van der Waals surface area contributed by atoms with Crippen LogP contribution in [0, 0.1) is 17.7 Å². The van der Waals surface area contributed by atoms with Crippen molar-refractivity contribution in [2.75, 3.05) is 26.0 Å². The first kappa shape index (κ1) is 33.6. The zero-order chi connectivity index (χ0) is 34.4. The fourth-order valence-electron chi connectivity index (χ4n) is 6.91. The molecule has 0 fully saturated rings. The van der Waals surface area contributed by atoms with E-state index in [1.807, 2.05) is 18.2 Å². The molecule has 14 heteroatoms. The van der Waals surface area contributed by atoms with E-state index < -0.39 is 92.8 Å². The number of primary amides is 1. The third kappa shape index (κ3) is 5.72. The third-order valence-corrected chi connectivity index (χ3v) is 9.20. The van der Waals surface area contributed by atoms with Crippen LogP contribution in [0.15, 0.2) is 59.1 Å². The summed E-state index contributed by atoms with van der Waals surface area (Å²) in [7, 11) is 3.04. The predicted octanol–water partition coefficient (Wildman–Crippen LogP) is 1.52. The second-order valence-corrected chi connectivity index (χ2v) is 12.3. The highest BCUT2D eigenvalue weighted by molar-refractivity contribution is 6.24. The average Bonchev–Trinajstić information content (AvgIpc) is 3.02. The van der Waals surface area contributed by atoms with Crippen molar-refractivity contribution in [3.63, 3.8) is 0 Å². The van der Waals surface area contributed by atoms with Crippen molar-refractivity contribution in [3.8, 4) is 5.75 Å². The zero-order valence-electron chi connectivity index (χ0n) is 25.8. The molecule has 0 unspecified atom stereocenters. The van der Waals surface area contributed by atoms with Crippen LogP contribution in [0.5, 0.6) is 5.75 Å². The molecule has 3 aliphatic carbocycles. The van der Waals surface area contributed by atoms with Crippen LogP contribution >= 0.6 is 0 Å². The molecule has 0 aliphatic heterocycles. The number of ether oxygens (including phenoxy) is 1.